The lowest BCUT2D eigenvalue weighted by Crippen LogP contribution is -2.20. The zero-order valence-electron chi connectivity index (χ0n) is 5.27. The molecule has 0 spiro atoms. The Balaban J connectivity index is 0. The van der Waals surface area contributed by atoms with Crippen molar-refractivity contribution in [2.75, 3.05) is 0 Å². The average Bonchev–Trinajstić information content (AvgIpc) is 1.56. The summed E-state index contributed by atoms with van der Waals surface area (Å²) in [5, 5.41) is 21.0. The maximum Gasteiger partial charge on any atom is 0.516 e. The van der Waals surface area contributed by atoms with Crippen LogP contribution >= 0.6 is 0 Å². The standard InChI is InChI=1S/C2H2O5.CH5N3/c3-1(4)7-2(5)6;2-1(3)4/h(H,3,4)(H,5,6);(H5,2,3,4). The summed E-state index contributed by atoms with van der Waals surface area (Å²) in [4.78, 5) is 18.4. The monoisotopic (exact) mass is 165 g/mol. The van der Waals surface area contributed by atoms with Crippen molar-refractivity contribution >= 4 is 18.3 Å². The van der Waals surface area contributed by atoms with Gasteiger partial charge in [0.15, 0.2) is 5.96 Å². The molecule has 0 heterocycles. The van der Waals surface area contributed by atoms with Gasteiger partial charge < -0.3 is 26.4 Å². The van der Waals surface area contributed by atoms with Crippen LogP contribution in [-0.2, 0) is 4.74 Å². The molecule has 64 valence electrons. The first kappa shape index (κ1) is 11.8. The minimum atomic E-state index is -1.81. The Morgan fingerprint density at radius 1 is 1.18 bits per heavy atom. The topological polar surface area (TPSA) is 160 Å². The van der Waals surface area contributed by atoms with Crippen molar-refractivity contribution in [3.63, 3.8) is 0 Å². The van der Waals surface area contributed by atoms with Crippen molar-refractivity contribution in [3.8, 4) is 0 Å². The van der Waals surface area contributed by atoms with E-state index >= 15 is 0 Å². The molecule has 0 saturated carbocycles. The van der Waals surface area contributed by atoms with Crippen molar-refractivity contribution in [1.82, 2.24) is 0 Å². The number of carbonyl (C=O) groups is 2. The van der Waals surface area contributed by atoms with Gasteiger partial charge in [-0.1, -0.05) is 0 Å². The first-order valence-electron chi connectivity index (χ1n) is 2.09. The number of ether oxygens (including phenoxy) is 1. The van der Waals surface area contributed by atoms with E-state index in [0.717, 1.165) is 0 Å². The average molecular weight is 165 g/mol. The molecule has 0 fully saturated rings. The molecule has 7 N–H and O–H groups in total. The van der Waals surface area contributed by atoms with E-state index in [9.17, 15) is 9.59 Å². The van der Waals surface area contributed by atoms with Gasteiger partial charge in [0.05, 0.1) is 0 Å². The maximum absolute atomic E-state index is 9.21. The van der Waals surface area contributed by atoms with Crippen molar-refractivity contribution in [1.29, 1.82) is 5.41 Å². The van der Waals surface area contributed by atoms with E-state index in [2.05, 4.69) is 16.2 Å². The van der Waals surface area contributed by atoms with E-state index in [1.165, 1.54) is 0 Å². The lowest BCUT2D eigenvalue weighted by molar-refractivity contribution is 0.0802. The number of guanidine groups is 1. The summed E-state index contributed by atoms with van der Waals surface area (Å²) < 4.78 is 3.08. The van der Waals surface area contributed by atoms with Crippen molar-refractivity contribution in [3.05, 3.63) is 0 Å². The van der Waals surface area contributed by atoms with Crippen molar-refractivity contribution in [2.24, 2.45) is 11.5 Å². The fraction of sp³-hybridized carbons (Fsp3) is 0. The van der Waals surface area contributed by atoms with Gasteiger partial charge in [-0.3, -0.25) is 5.41 Å². The summed E-state index contributed by atoms with van der Waals surface area (Å²) in [6.45, 7) is 0. The predicted molar refractivity (Wildman–Crippen MR) is 33.2 cm³/mol. The van der Waals surface area contributed by atoms with E-state index in [0.29, 0.717) is 0 Å². The number of rotatable bonds is 0. The second kappa shape index (κ2) is 6.13. The van der Waals surface area contributed by atoms with E-state index in [4.69, 9.17) is 15.6 Å². The molecule has 0 radical (unpaired) electrons. The van der Waals surface area contributed by atoms with E-state index < -0.39 is 12.3 Å². The zero-order valence-corrected chi connectivity index (χ0v) is 5.27. The number of nitrogens with two attached hydrogens (primary N) is 2. The molecule has 0 aliphatic heterocycles. The summed E-state index contributed by atoms with van der Waals surface area (Å²) in [5.41, 5.74) is 8.94. The third-order valence-electron chi connectivity index (χ3n) is 0.175. The Hall–Kier alpha value is -1.99. The summed E-state index contributed by atoms with van der Waals surface area (Å²) in [6.07, 6.45) is -3.62. The van der Waals surface area contributed by atoms with Crippen LogP contribution in [0.3, 0.4) is 0 Å². The Kier molecular flexibility index (Phi) is 6.56. The van der Waals surface area contributed by atoms with Crippen molar-refractivity contribution in [2.45, 2.75) is 0 Å². The SMILES string of the molecule is N=C(N)N.O=C(O)OC(=O)O. The van der Waals surface area contributed by atoms with E-state index in [1.807, 2.05) is 0 Å². The molecule has 0 aliphatic rings. The molecule has 0 unspecified atom stereocenters. The molecule has 8 nitrogen and oxygen atoms in total. The molecule has 0 amide bonds. The van der Waals surface area contributed by atoms with E-state index in [-0.39, 0.29) is 5.96 Å². The summed E-state index contributed by atoms with van der Waals surface area (Å²) in [6, 6.07) is 0. The minimum absolute atomic E-state index is 0.333. The number of hydrogen-bond donors (Lipinski definition) is 5. The summed E-state index contributed by atoms with van der Waals surface area (Å²) in [5.74, 6) is -0.333. The highest BCUT2D eigenvalue weighted by Crippen LogP contribution is 1.73. The van der Waals surface area contributed by atoms with Crippen LogP contribution in [0.4, 0.5) is 9.59 Å². The fourth-order valence-corrected chi connectivity index (χ4v) is 0.0747. The first-order valence-corrected chi connectivity index (χ1v) is 2.09. The van der Waals surface area contributed by atoms with Gasteiger partial charge in [-0.2, -0.15) is 0 Å². The third-order valence-corrected chi connectivity index (χ3v) is 0.175. The number of carboxylic acid groups (broad SMARTS) is 2. The van der Waals surface area contributed by atoms with Gasteiger partial charge >= 0.3 is 12.3 Å². The maximum atomic E-state index is 9.21. The zero-order chi connectivity index (χ0) is 9.44. The smallest absolute Gasteiger partial charge is 0.449 e. The van der Waals surface area contributed by atoms with Crippen LogP contribution in [0.1, 0.15) is 0 Å². The van der Waals surface area contributed by atoms with Gasteiger partial charge in [0.25, 0.3) is 0 Å². The highest BCUT2D eigenvalue weighted by atomic mass is 16.7. The second-order valence-corrected chi connectivity index (χ2v) is 1.09. The van der Waals surface area contributed by atoms with Gasteiger partial charge in [-0.05, 0) is 0 Å². The molecular formula is C3H7N3O5. The fourth-order valence-electron chi connectivity index (χ4n) is 0.0747. The molecule has 0 bridgehead atoms. The van der Waals surface area contributed by atoms with Crippen molar-refractivity contribution < 1.29 is 24.5 Å². The second-order valence-electron chi connectivity index (χ2n) is 1.09. The molecule has 0 rings (SSSR count). The minimum Gasteiger partial charge on any atom is -0.449 e. The molecule has 0 aromatic carbocycles. The van der Waals surface area contributed by atoms with Gasteiger partial charge in [0.2, 0.25) is 0 Å². The van der Waals surface area contributed by atoms with Crippen LogP contribution in [0.15, 0.2) is 0 Å². The van der Waals surface area contributed by atoms with Crippen LogP contribution < -0.4 is 11.5 Å². The highest BCUT2D eigenvalue weighted by molar-refractivity contribution is 5.74. The largest absolute Gasteiger partial charge is 0.516 e. The third kappa shape index (κ3) is 71.6. The molecule has 0 atom stereocenters. The van der Waals surface area contributed by atoms with Crippen LogP contribution in [0.5, 0.6) is 0 Å². The normalized spacial score (nSPS) is 6.91. The van der Waals surface area contributed by atoms with Gasteiger partial charge in [-0.15, -0.1) is 0 Å². The first-order chi connectivity index (χ1) is 4.86. The van der Waals surface area contributed by atoms with Gasteiger partial charge in [-0.25, -0.2) is 9.59 Å². The van der Waals surface area contributed by atoms with Crippen LogP contribution in [0.2, 0.25) is 0 Å². The molecule has 0 saturated heterocycles. The van der Waals surface area contributed by atoms with Gasteiger partial charge in [0, 0.05) is 0 Å². The van der Waals surface area contributed by atoms with Crippen LogP contribution in [0.25, 0.3) is 0 Å². The summed E-state index contributed by atoms with van der Waals surface area (Å²) in [7, 11) is 0. The van der Waals surface area contributed by atoms with Crippen LogP contribution in [-0.4, -0.2) is 28.5 Å². The number of hydrogen-bond acceptors (Lipinski definition) is 4. The highest BCUT2D eigenvalue weighted by Gasteiger charge is 2.01. The van der Waals surface area contributed by atoms with Gasteiger partial charge in [0.1, 0.15) is 0 Å². The Bertz CT molecular complexity index is 150. The molecule has 0 aromatic heterocycles. The predicted octanol–water partition coefficient (Wildman–Crippen LogP) is -0.802. The Morgan fingerprint density at radius 3 is 1.36 bits per heavy atom. The number of nitrogens with one attached hydrogen (secondary N) is 1. The Morgan fingerprint density at radius 2 is 1.36 bits per heavy atom. The summed E-state index contributed by atoms with van der Waals surface area (Å²) >= 11 is 0. The lowest BCUT2D eigenvalue weighted by atomic mass is 11.1. The molecule has 11 heavy (non-hydrogen) atoms. The van der Waals surface area contributed by atoms with E-state index in [1.54, 1.807) is 0 Å². The molecule has 0 aliphatic carbocycles. The molecule has 8 heteroatoms. The molecular weight excluding hydrogens is 158 g/mol. The molecule has 0 aromatic rings. The Labute approximate surface area is 60.9 Å². The van der Waals surface area contributed by atoms with Crippen LogP contribution in [0, 0.1) is 5.41 Å². The lowest BCUT2D eigenvalue weighted by Gasteiger charge is -1.84. The quantitative estimate of drug-likeness (QED) is 0.136.